The van der Waals surface area contributed by atoms with Crippen molar-refractivity contribution >= 4 is 46.0 Å². The van der Waals surface area contributed by atoms with Crippen LogP contribution in [0.4, 0.5) is 14.7 Å². The van der Waals surface area contributed by atoms with Crippen molar-refractivity contribution in [1.82, 2.24) is 9.97 Å². The number of nitrogens with zero attached hydrogens (tertiary/aromatic N) is 2. The average molecular weight is 540 g/mol. The number of aromatic nitrogens is 2. The number of Topliss-reactive ketones (excluding diaryl/α,β-unsaturated/α-hetero) is 1. The number of rotatable bonds is 6. The first-order chi connectivity index (χ1) is 18.2. The van der Waals surface area contributed by atoms with Crippen LogP contribution >= 0.6 is 11.6 Å². The monoisotopic (exact) mass is 539 g/mol. The van der Waals surface area contributed by atoms with Gasteiger partial charge in [-0.15, -0.1) is 0 Å². The fourth-order valence-corrected chi connectivity index (χ4v) is 4.58. The molecule has 5 rings (SSSR count). The number of ketones is 1. The largest absolute Gasteiger partial charge is 0.507 e. The quantitative estimate of drug-likeness (QED) is 0.190. The van der Waals surface area contributed by atoms with Crippen LogP contribution < -0.4 is 14.4 Å². The molecule has 1 saturated heterocycles. The van der Waals surface area contributed by atoms with E-state index in [2.05, 4.69) is 9.97 Å². The summed E-state index contributed by atoms with van der Waals surface area (Å²) >= 11 is 6.36. The zero-order valence-corrected chi connectivity index (χ0v) is 20.8. The molecule has 1 aromatic heterocycles. The highest BCUT2D eigenvalue weighted by atomic mass is 35.5. The van der Waals surface area contributed by atoms with Gasteiger partial charge in [-0.2, -0.15) is 0 Å². The van der Waals surface area contributed by atoms with Crippen molar-refractivity contribution in [2.75, 3.05) is 18.6 Å². The normalized spacial score (nSPS) is 16.9. The molecule has 4 aromatic rings. The van der Waals surface area contributed by atoms with Crippen molar-refractivity contribution in [1.29, 1.82) is 0 Å². The number of fused-ring (bicyclic) bond motifs is 1. The number of methoxy groups -OCH3 is 1. The van der Waals surface area contributed by atoms with Gasteiger partial charge in [0.05, 0.1) is 41.4 Å². The summed E-state index contributed by atoms with van der Waals surface area (Å²) in [6.07, 6.45) is 0. The zero-order valence-electron chi connectivity index (χ0n) is 20.1. The topological polar surface area (TPSA) is 105 Å². The van der Waals surface area contributed by atoms with E-state index in [0.29, 0.717) is 23.7 Å². The highest BCUT2D eigenvalue weighted by Gasteiger charge is 2.48. The molecule has 3 aromatic carbocycles. The molecular weight excluding hydrogens is 520 g/mol. The number of imidazole rings is 1. The summed E-state index contributed by atoms with van der Waals surface area (Å²) in [5, 5.41) is 11.5. The van der Waals surface area contributed by atoms with E-state index in [0.717, 1.165) is 17.0 Å². The minimum absolute atomic E-state index is 0.0395. The Morgan fingerprint density at radius 1 is 1.11 bits per heavy atom. The number of ether oxygens (including phenoxy) is 2. The van der Waals surface area contributed by atoms with E-state index in [1.54, 1.807) is 37.3 Å². The third kappa shape index (κ3) is 4.22. The number of aliphatic hydroxyl groups is 1. The lowest BCUT2D eigenvalue weighted by atomic mass is 9.95. The number of nitrogens with one attached hydrogen (secondary N) is 1. The molecule has 38 heavy (non-hydrogen) atoms. The van der Waals surface area contributed by atoms with Gasteiger partial charge in [-0.3, -0.25) is 14.5 Å². The highest BCUT2D eigenvalue weighted by molar-refractivity contribution is 6.51. The molecule has 1 amide bonds. The summed E-state index contributed by atoms with van der Waals surface area (Å²) in [7, 11) is 1.46. The highest BCUT2D eigenvalue weighted by Crippen LogP contribution is 2.43. The second-order valence-corrected chi connectivity index (χ2v) is 8.77. The van der Waals surface area contributed by atoms with Gasteiger partial charge < -0.3 is 19.6 Å². The minimum atomic E-state index is -1.19. The maximum Gasteiger partial charge on any atom is 0.302 e. The molecule has 1 aliphatic heterocycles. The van der Waals surface area contributed by atoms with Crippen LogP contribution in [0.1, 0.15) is 24.1 Å². The Kier molecular flexibility index (Phi) is 6.50. The summed E-state index contributed by atoms with van der Waals surface area (Å²) in [4.78, 5) is 34.8. The standard InChI is InChI=1S/C27H20ClF2N3O5/c1-3-38-15-7-8-17(28)16(10-15)24(34)22-23(13-5-4-6-14(9-13)37-2)33(26(36)25(22)35)27-31-20-11-18(29)19(30)12-21(20)32-27/h4-12,23,34H,3H2,1-2H3,(H,31,32)/b24-22+. The molecule has 0 saturated carbocycles. The second kappa shape index (κ2) is 9.79. The number of aliphatic hydroxyl groups excluding tert-OH is 1. The van der Waals surface area contributed by atoms with Crippen LogP contribution in [0.15, 0.2) is 60.2 Å². The third-order valence-electron chi connectivity index (χ3n) is 6.10. The number of carbonyl (C=O) groups is 2. The van der Waals surface area contributed by atoms with Gasteiger partial charge in [0.1, 0.15) is 17.3 Å². The Morgan fingerprint density at radius 2 is 1.87 bits per heavy atom. The van der Waals surface area contributed by atoms with Gasteiger partial charge in [0.2, 0.25) is 5.95 Å². The lowest BCUT2D eigenvalue weighted by Crippen LogP contribution is -2.30. The van der Waals surface area contributed by atoms with E-state index >= 15 is 0 Å². The molecule has 11 heteroatoms. The first-order valence-corrected chi connectivity index (χ1v) is 11.8. The van der Waals surface area contributed by atoms with Crippen LogP contribution in [0.2, 0.25) is 5.02 Å². The Morgan fingerprint density at radius 3 is 2.61 bits per heavy atom. The number of anilines is 1. The van der Waals surface area contributed by atoms with Gasteiger partial charge in [-0.05, 0) is 42.8 Å². The second-order valence-electron chi connectivity index (χ2n) is 8.36. The predicted octanol–water partition coefficient (Wildman–Crippen LogP) is 5.53. The molecule has 194 valence electrons. The lowest BCUT2D eigenvalue weighted by molar-refractivity contribution is -0.132. The van der Waals surface area contributed by atoms with E-state index in [-0.39, 0.29) is 33.1 Å². The molecule has 2 N–H and O–H groups in total. The summed E-state index contributed by atoms with van der Waals surface area (Å²) in [5.74, 6) is -4.10. The van der Waals surface area contributed by atoms with Crippen LogP contribution in [0.3, 0.4) is 0 Å². The molecule has 1 fully saturated rings. The zero-order chi connectivity index (χ0) is 27.1. The predicted molar refractivity (Wildman–Crippen MR) is 136 cm³/mol. The van der Waals surface area contributed by atoms with Crippen LogP contribution in [0.25, 0.3) is 16.8 Å². The number of H-pyrrole nitrogens is 1. The molecule has 0 radical (unpaired) electrons. The number of carbonyl (C=O) groups excluding carboxylic acids is 2. The van der Waals surface area contributed by atoms with Gasteiger partial charge in [-0.1, -0.05) is 23.7 Å². The number of aromatic amines is 1. The molecule has 0 aliphatic carbocycles. The first-order valence-electron chi connectivity index (χ1n) is 11.5. The summed E-state index contributed by atoms with van der Waals surface area (Å²) < 4.78 is 38.5. The molecule has 1 atom stereocenters. The van der Waals surface area contributed by atoms with Crippen molar-refractivity contribution in [2.45, 2.75) is 13.0 Å². The van der Waals surface area contributed by atoms with Crippen LogP contribution in [0.5, 0.6) is 11.5 Å². The number of halogens is 3. The molecular formula is C27H20ClF2N3O5. The Labute approximate surface area is 220 Å². The van der Waals surface area contributed by atoms with Crippen LogP contribution in [-0.2, 0) is 9.59 Å². The molecule has 2 heterocycles. The fourth-order valence-electron chi connectivity index (χ4n) is 4.37. The smallest absolute Gasteiger partial charge is 0.302 e. The molecule has 1 unspecified atom stereocenters. The molecule has 0 spiro atoms. The molecule has 8 nitrogen and oxygen atoms in total. The van der Waals surface area contributed by atoms with E-state index in [9.17, 15) is 23.5 Å². The third-order valence-corrected chi connectivity index (χ3v) is 6.43. The van der Waals surface area contributed by atoms with Gasteiger partial charge >= 0.3 is 5.91 Å². The van der Waals surface area contributed by atoms with Gasteiger partial charge in [-0.25, -0.2) is 13.8 Å². The van der Waals surface area contributed by atoms with Crippen LogP contribution in [0, 0.1) is 11.6 Å². The molecule has 1 aliphatic rings. The summed E-state index contributed by atoms with van der Waals surface area (Å²) in [6, 6.07) is 11.7. The van der Waals surface area contributed by atoms with Crippen molar-refractivity contribution < 1.29 is 33.0 Å². The Balaban J connectivity index is 1.75. The first kappa shape index (κ1) is 25.2. The molecule has 0 bridgehead atoms. The SMILES string of the molecule is CCOc1ccc(Cl)c(/C(O)=C2\C(=O)C(=O)N(c3nc4cc(F)c(F)cc4[nH]3)C2c2cccc(OC)c2)c1. The number of hydrogen-bond donors (Lipinski definition) is 2. The van der Waals surface area contributed by atoms with Gasteiger partial charge in [0.15, 0.2) is 11.6 Å². The summed E-state index contributed by atoms with van der Waals surface area (Å²) in [5.41, 5.74) is 0.365. The van der Waals surface area contributed by atoms with Gasteiger partial charge in [0, 0.05) is 17.7 Å². The Hall–Kier alpha value is -4.44. The van der Waals surface area contributed by atoms with Gasteiger partial charge in [0.25, 0.3) is 5.78 Å². The maximum atomic E-state index is 13.8. The number of hydrogen-bond acceptors (Lipinski definition) is 6. The lowest BCUT2D eigenvalue weighted by Gasteiger charge is -2.23. The minimum Gasteiger partial charge on any atom is -0.507 e. The van der Waals surface area contributed by atoms with E-state index < -0.39 is 35.1 Å². The fraction of sp³-hybridized carbons (Fsp3) is 0.148. The number of amides is 1. The average Bonchev–Trinajstić information content (AvgIpc) is 3.42. The van der Waals surface area contributed by atoms with Crippen molar-refractivity contribution in [3.8, 4) is 11.5 Å². The maximum absolute atomic E-state index is 13.8. The van der Waals surface area contributed by atoms with E-state index in [4.69, 9.17) is 21.1 Å². The van der Waals surface area contributed by atoms with Crippen molar-refractivity contribution in [3.63, 3.8) is 0 Å². The van der Waals surface area contributed by atoms with E-state index in [1.165, 1.54) is 19.2 Å². The number of benzene rings is 3. The van der Waals surface area contributed by atoms with Crippen LogP contribution in [-0.4, -0.2) is 40.5 Å². The Bertz CT molecular complexity index is 1600. The summed E-state index contributed by atoms with van der Waals surface area (Å²) in [6.45, 7) is 2.14. The van der Waals surface area contributed by atoms with Crippen molar-refractivity contribution in [2.24, 2.45) is 0 Å². The van der Waals surface area contributed by atoms with Crippen molar-refractivity contribution in [3.05, 3.63) is 88.0 Å². The van der Waals surface area contributed by atoms with E-state index in [1.807, 2.05) is 0 Å².